The zero-order chi connectivity index (χ0) is 16.8. The van der Waals surface area contributed by atoms with Crippen molar-refractivity contribution in [3.8, 4) is 5.75 Å². The Morgan fingerprint density at radius 3 is 2.50 bits per heavy atom. The number of benzene rings is 2. The van der Waals surface area contributed by atoms with Gasteiger partial charge in [-0.05, 0) is 48.2 Å². The summed E-state index contributed by atoms with van der Waals surface area (Å²) in [6, 6.07) is 13.9. The third-order valence-corrected chi connectivity index (χ3v) is 4.08. The van der Waals surface area contributed by atoms with Crippen molar-refractivity contribution >= 4 is 5.91 Å². The summed E-state index contributed by atoms with van der Waals surface area (Å²) in [6.07, 6.45) is 1.89. The van der Waals surface area contributed by atoms with Gasteiger partial charge in [0.1, 0.15) is 18.2 Å². The highest BCUT2D eigenvalue weighted by Crippen LogP contribution is 2.15. The molecule has 1 aliphatic rings. The number of carbonyl (C=O) groups is 1. The molecule has 2 aromatic carbocycles. The maximum absolute atomic E-state index is 12.9. The van der Waals surface area contributed by atoms with E-state index in [2.05, 4.69) is 10.6 Å². The highest BCUT2D eigenvalue weighted by molar-refractivity contribution is 5.82. The fourth-order valence-corrected chi connectivity index (χ4v) is 2.66. The van der Waals surface area contributed by atoms with E-state index in [9.17, 15) is 9.18 Å². The number of rotatable bonds is 6. The van der Waals surface area contributed by atoms with Crippen molar-refractivity contribution in [2.75, 3.05) is 6.54 Å². The Morgan fingerprint density at radius 1 is 1.08 bits per heavy atom. The van der Waals surface area contributed by atoms with Gasteiger partial charge in [-0.3, -0.25) is 4.79 Å². The number of piperidine rings is 1. The molecule has 1 heterocycles. The van der Waals surface area contributed by atoms with Crippen LogP contribution in [0.2, 0.25) is 0 Å². The second-order valence-electron chi connectivity index (χ2n) is 5.93. The number of hydrogen-bond donors (Lipinski definition) is 2. The van der Waals surface area contributed by atoms with Crippen LogP contribution in [0.15, 0.2) is 48.5 Å². The van der Waals surface area contributed by atoms with Gasteiger partial charge < -0.3 is 15.4 Å². The van der Waals surface area contributed by atoms with Gasteiger partial charge in [0.15, 0.2) is 0 Å². The lowest BCUT2D eigenvalue weighted by atomic mass is 10.1. The molecule has 0 aromatic heterocycles. The Hall–Kier alpha value is -2.40. The fourth-order valence-electron chi connectivity index (χ4n) is 2.66. The molecule has 1 unspecified atom stereocenters. The first kappa shape index (κ1) is 16.5. The van der Waals surface area contributed by atoms with Crippen LogP contribution in [-0.4, -0.2) is 18.5 Å². The van der Waals surface area contributed by atoms with Gasteiger partial charge in [-0.1, -0.05) is 24.3 Å². The Bertz CT molecular complexity index is 671. The Morgan fingerprint density at radius 2 is 1.79 bits per heavy atom. The summed E-state index contributed by atoms with van der Waals surface area (Å²) in [5, 5.41) is 6.15. The first-order chi connectivity index (χ1) is 11.7. The van der Waals surface area contributed by atoms with E-state index >= 15 is 0 Å². The van der Waals surface area contributed by atoms with Gasteiger partial charge in [-0.25, -0.2) is 4.39 Å². The van der Waals surface area contributed by atoms with Crippen molar-refractivity contribution in [1.29, 1.82) is 0 Å². The maximum Gasteiger partial charge on any atom is 0.237 e. The second kappa shape index (κ2) is 7.93. The van der Waals surface area contributed by atoms with Gasteiger partial charge in [0.2, 0.25) is 5.91 Å². The van der Waals surface area contributed by atoms with E-state index in [1.54, 1.807) is 12.1 Å². The molecule has 1 amide bonds. The van der Waals surface area contributed by atoms with Crippen LogP contribution < -0.4 is 15.4 Å². The van der Waals surface area contributed by atoms with E-state index in [1.165, 1.54) is 12.1 Å². The molecule has 1 atom stereocenters. The highest BCUT2D eigenvalue weighted by Gasteiger charge is 2.20. The predicted octanol–water partition coefficient (Wildman–Crippen LogP) is 2.77. The Balaban J connectivity index is 1.48. The van der Waals surface area contributed by atoms with E-state index in [4.69, 9.17) is 4.74 Å². The molecule has 126 valence electrons. The summed E-state index contributed by atoms with van der Waals surface area (Å²) in [5.74, 6) is 0.598. The SMILES string of the molecule is O=C1NCCCC1NCc1ccc(OCc2ccc(F)cc2)cc1. The number of halogens is 1. The number of amides is 1. The van der Waals surface area contributed by atoms with Gasteiger partial charge in [0.05, 0.1) is 6.04 Å². The van der Waals surface area contributed by atoms with Crippen LogP contribution in [0.5, 0.6) is 5.75 Å². The average Bonchev–Trinajstić information content (AvgIpc) is 2.61. The molecule has 1 fully saturated rings. The van der Waals surface area contributed by atoms with E-state index in [-0.39, 0.29) is 17.8 Å². The number of nitrogens with one attached hydrogen (secondary N) is 2. The number of hydrogen-bond acceptors (Lipinski definition) is 3. The van der Waals surface area contributed by atoms with Crippen LogP contribution in [-0.2, 0) is 17.9 Å². The summed E-state index contributed by atoms with van der Waals surface area (Å²) in [4.78, 5) is 11.7. The quantitative estimate of drug-likeness (QED) is 0.857. The third-order valence-electron chi connectivity index (χ3n) is 4.08. The number of carbonyl (C=O) groups excluding carboxylic acids is 1. The van der Waals surface area contributed by atoms with E-state index in [0.29, 0.717) is 13.2 Å². The molecular weight excluding hydrogens is 307 g/mol. The van der Waals surface area contributed by atoms with Crippen molar-refractivity contribution in [3.63, 3.8) is 0 Å². The molecule has 3 rings (SSSR count). The topological polar surface area (TPSA) is 50.4 Å². The van der Waals surface area contributed by atoms with Gasteiger partial charge in [0.25, 0.3) is 0 Å². The predicted molar refractivity (Wildman–Crippen MR) is 90.0 cm³/mol. The lowest BCUT2D eigenvalue weighted by Gasteiger charge is -2.22. The van der Waals surface area contributed by atoms with Crippen molar-refractivity contribution in [3.05, 3.63) is 65.5 Å². The molecule has 1 aliphatic heterocycles. The smallest absolute Gasteiger partial charge is 0.237 e. The minimum Gasteiger partial charge on any atom is -0.489 e. The summed E-state index contributed by atoms with van der Waals surface area (Å²) in [6.45, 7) is 1.83. The molecule has 2 N–H and O–H groups in total. The minimum atomic E-state index is -0.248. The third kappa shape index (κ3) is 4.55. The zero-order valence-corrected chi connectivity index (χ0v) is 13.4. The van der Waals surface area contributed by atoms with Crippen LogP contribution in [0.3, 0.4) is 0 Å². The van der Waals surface area contributed by atoms with Gasteiger partial charge in [-0.2, -0.15) is 0 Å². The van der Waals surface area contributed by atoms with Crippen molar-refractivity contribution in [2.24, 2.45) is 0 Å². The normalized spacial score (nSPS) is 17.4. The average molecular weight is 328 g/mol. The molecule has 0 saturated carbocycles. The summed E-state index contributed by atoms with van der Waals surface area (Å²) >= 11 is 0. The van der Waals surface area contributed by atoms with Crippen molar-refractivity contribution in [2.45, 2.75) is 32.0 Å². The van der Waals surface area contributed by atoms with Crippen LogP contribution >= 0.6 is 0 Å². The maximum atomic E-state index is 12.9. The lowest BCUT2D eigenvalue weighted by molar-refractivity contribution is -0.124. The van der Waals surface area contributed by atoms with Gasteiger partial charge in [0, 0.05) is 13.1 Å². The van der Waals surface area contributed by atoms with Crippen molar-refractivity contribution in [1.82, 2.24) is 10.6 Å². The van der Waals surface area contributed by atoms with Crippen LogP contribution in [0.4, 0.5) is 4.39 Å². The van der Waals surface area contributed by atoms with Crippen molar-refractivity contribution < 1.29 is 13.9 Å². The minimum absolute atomic E-state index is 0.0838. The van der Waals surface area contributed by atoms with E-state index in [0.717, 1.165) is 36.3 Å². The molecule has 2 aromatic rings. The fraction of sp³-hybridized carbons (Fsp3) is 0.316. The largest absolute Gasteiger partial charge is 0.489 e. The standard InChI is InChI=1S/C19H21FN2O2/c20-16-7-3-15(4-8-16)13-24-17-9-5-14(6-10-17)12-22-18-2-1-11-21-19(18)23/h3-10,18,22H,1-2,11-13H2,(H,21,23). The molecule has 1 saturated heterocycles. The summed E-state index contributed by atoms with van der Waals surface area (Å²) in [5.41, 5.74) is 2.02. The monoisotopic (exact) mass is 328 g/mol. The van der Waals surface area contributed by atoms with E-state index in [1.807, 2.05) is 24.3 Å². The molecule has 24 heavy (non-hydrogen) atoms. The summed E-state index contributed by atoms with van der Waals surface area (Å²) in [7, 11) is 0. The molecule has 0 spiro atoms. The van der Waals surface area contributed by atoms with Crippen LogP contribution in [0.25, 0.3) is 0 Å². The first-order valence-electron chi connectivity index (χ1n) is 8.18. The molecule has 0 radical (unpaired) electrons. The Labute approximate surface area is 141 Å². The lowest BCUT2D eigenvalue weighted by Crippen LogP contribution is -2.47. The molecule has 0 aliphatic carbocycles. The summed E-state index contributed by atoms with van der Waals surface area (Å²) < 4.78 is 18.5. The molecule has 4 nitrogen and oxygen atoms in total. The highest BCUT2D eigenvalue weighted by atomic mass is 19.1. The van der Waals surface area contributed by atoms with Gasteiger partial charge in [-0.15, -0.1) is 0 Å². The molecular formula is C19H21FN2O2. The molecule has 0 bridgehead atoms. The second-order valence-corrected chi connectivity index (χ2v) is 5.93. The molecule has 5 heteroatoms. The first-order valence-corrected chi connectivity index (χ1v) is 8.18. The van der Waals surface area contributed by atoms with Crippen LogP contribution in [0.1, 0.15) is 24.0 Å². The zero-order valence-electron chi connectivity index (χ0n) is 13.4. The van der Waals surface area contributed by atoms with E-state index < -0.39 is 0 Å². The number of ether oxygens (including phenoxy) is 1. The Kier molecular flexibility index (Phi) is 5.43. The van der Waals surface area contributed by atoms with Gasteiger partial charge >= 0.3 is 0 Å². The van der Waals surface area contributed by atoms with Crippen LogP contribution in [0, 0.1) is 5.82 Å².